The normalized spacial score (nSPS) is 12.2. The lowest BCUT2D eigenvalue weighted by Crippen LogP contribution is -2.43. The van der Waals surface area contributed by atoms with Crippen molar-refractivity contribution in [3.63, 3.8) is 0 Å². The van der Waals surface area contributed by atoms with Gasteiger partial charge in [-0.25, -0.2) is 17.2 Å². The number of thiophene rings is 2. The second kappa shape index (κ2) is 16.3. The number of hydrogen-bond acceptors (Lipinski definition) is 13. The number of sulfonamides is 1. The van der Waals surface area contributed by atoms with Crippen LogP contribution in [0.25, 0.3) is 20.2 Å². The number of carboxylic acids is 1. The SMILES string of the molecule is COc1cc2sc(C(=O)CC(C)(C)C(=O)O)cc2c(F)c1OCCCOc1c(OC)cc2sc(C(=O)CC(C)(C)C(=O)NS(=O)(=O)CCN)cc2c1F. The molecule has 0 aliphatic rings. The second-order valence-electron chi connectivity index (χ2n) is 13.4. The lowest BCUT2D eigenvalue weighted by Gasteiger charge is -2.22. The number of nitrogens with two attached hydrogens (primary N) is 1. The van der Waals surface area contributed by atoms with Gasteiger partial charge in [-0.2, -0.15) is 0 Å². The van der Waals surface area contributed by atoms with E-state index in [4.69, 9.17) is 24.7 Å². The Hall–Kier alpha value is -4.39. The van der Waals surface area contributed by atoms with Gasteiger partial charge in [0.15, 0.2) is 46.2 Å². The summed E-state index contributed by atoms with van der Waals surface area (Å²) in [6.45, 7) is 5.34. The Morgan fingerprint density at radius 1 is 0.792 bits per heavy atom. The number of methoxy groups -OCH3 is 2. The number of carbonyl (C=O) groups is 4. The van der Waals surface area contributed by atoms with E-state index in [-0.39, 0.29) is 82.5 Å². The Morgan fingerprint density at radius 3 is 1.62 bits per heavy atom. The lowest BCUT2D eigenvalue weighted by molar-refractivity contribution is -0.146. The molecule has 53 heavy (non-hydrogen) atoms. The number of aliphatic carboxylic acids is 1. The van der Waals surface area contributed by atoms with Crippen LogP contribution in [0.4, 0.5) is 8.78 Å². The van der Waals surface area contributed by atoms with Gasteiger partial charge >= 0.3 is 5.97 Å². The number of carboxylic acid groups (broad SMARTS) is 1. The molecular formula is C35H40F2N2O11S3. The van der Waals surface area contributed by atoms with Crippen LogP contribution in [-0.4, -0.2) is 76.7 Å². The Labute approximate surface area is 312 Å². The molecular weight excluding hydrogens is 759 g/mol. The first-order valence-corrected chi connectivity index (χ1v) is 19.4. The van der Waals surface area contributed by atoms with Gasteiger partial charge in [0.25, 0.3) is 0 Å². The van der Waals surface area contributed by atoms with Crippen LogP contribution >= 0.6 is 22.7 Å². The van der Waals surface area contributed by atoms with Crippen LogP contribution in [0, 0.1) is 22.5 Å². The van der Waals surface area contributed by atoms with Crippen LogP contribution < -0.4 is 29.4 Å². The summed E-state index contributed by atoms with van der Waals surface area (Å²) in [5.74, 6) is -5.29. The predicted molar refractivity (Wildman–Crippen MR) is 196 cm³/mol. The van der Waals surface area contributed by atoms with Gasteiger partial charge in [0, 0.05) is 58.1 Å². The molecule has 0 spiro atoms. The van der Waals surface area contributed by atoms with Gasteiger partial charge in [0.2, 0.25) is 15.9 Å². The highest BCUT2D eigenvalue weighted by molar-refractivity contribution is 7.90. The molecule has 0 atom stereocenters. The summed E-state index contributed by atoms with van der Waals surface area (Å²) in [6, 6.07) is 5.70. The first-order valence-electron chi connectivity index (χ1n) is 16.2. The summed E-state index contributed by atoms with van der Waals surface area (Å²) in [7, 11) is -1.32. The van der Waals surface area contributed by atoms with Gasteiger partial charge in [-0.3, -0.25) is 23.9 Å². The molecule has 0 aliphatic heterocycles. The summed E-state index contributed by atoms with van der Waals surface area (Å²) >= 11 is 1.98. The first-order chi connectivity index (χ1) is 24.7. The van der Waals surface area contributed by atoms with Crippen molar-refractivity contribution in [3.05, 3.63) is 45.7 Å². The van der Waals surface area contributed by atoms with E-state index in [0.29, 0.717) is 9.40 Å². The van der Waals surface area contributed by atoms with E-state index in [1.165, 1.54) is 66.2 Å². The molecule has 18 heteroatoms. The summed E-state index contributed by atoms with van der Waals surface area (Å²) in [4.78, 5) is 50.4. The number of nitrogens with one attached hydrogen (secondary N) is 1. The highest BCUT2D eigenvalue weighted by atomic mass is 32.2. The minimum atomic E-state index is -3.97. The molecule has 0 aliphatic carbocycles. The zero-order valence-corrected chi connectivity index (χ0v) is 32.3. The molecule has 288 valence electrons. The van der Waals surface area contributed by atoms with Crippen LogP contribution in [0.1, 0.15) is 66.3 Å². The zero-order valence-electron chi connectivity index (χ0n) is 29.8. The van der Waals surface area contributed by atoms with Crippen molar-refractivity contribution >= 4 is 76.3 Å². The summed E-state index contributed by atoms with van der Waals surface area (Å²) in [6.07, 6.45) is -0.475. The quantitative estimate of drug-likeness (QED) is 0.0746. The molecule has 13 nitrogen and oxygen atoms in total. The molecule has 4 N–H and O–H groups in total. The van der Waals surface area contributed by atoms with Crippen LogP contribution in [0.15, 0.2) is 24.3 Å². The van der Waals surface area contributed by atoms with E-state index >= 15 is 8.78 Å². The summed E-state index contributed by atoms with van der Waals surface area (Å²) in [5.41, 5.74) is 2.57. The molecule has 1 amide bonds. The number of ketones is 2. The van der Waals surface area contributed by atoms with E-state index in [2.05, 4.69) is 0 Å². The molecule has 0 saturated carbocycles. The number of benzene rings is 2. The van der Waals surface area contributed by atoms with Crippen molar-refractivity contribution in [2.24, 2.45) is 16.6 Å². The Kier molecular flexibility index (Phi) is 12.7. The molecule has 2 aromatic heterocycles. The fourth-order valence-corrected chi connectivity index (χ4v) is 8.09. The monoisotopic (exact) mass is 798 g/mol. The molecule has 4 aromatic rings. The van der Waals surface area contributed by atoms with Gasteiger partial charge in [-0.05, 0) is 26.0 Å². The number of Topliss-reactive ketones (excluding diaryl/α,β-unsaturated/α-hetero) is 2. The van der Waals surface area contributed by atoms with E-state index in [0.717, 1.165) is 22.7 Å². The van der Waals surface area contributed by atoms with Crippen LogP contribution in [0.2, 0.25) is 0 Å². The first kappa shape index (κ1) is 41.4. The summed E-state index contributed by atoms with van der Waals surface area (Å²) in [5, 5.41) is 9.55. The molecule has 0 unspecified atom stereocenters. The van der Waals surface area contributed by atoms with Crippen molar-refractivity contribution in [2.75, 3.05) is 39.7 Å². The molecule has 0 saturated heterocycles. The molecule has 0 bridgehead atoms. The van der Waals surface area contributed by atoms with Crippen LogP contribution in [0.3, 0.4) is 0 Å². The van der Waals surface area contributed by atoms with E-state index < -0.39 is 61.7 Å². The lowest BCUT2D eigenvalue weighted by atomic mass is 9.86. The molecule has 0 fully saturated rings. The van der Waals surface area contributed by atoms with Gasteiger partial charge in [0.1, 0.15) is 0 Å². The number of ether oxygens (including phenoxy) is 4. The van der Waals surface area contributed by atoms with Gasteiger partial charge in [-0.1, -0.05) is 13.8 Å². The largest absolute Gasteiger partial charge is 0.493 e. The third-order valence-corrected chi connectivity index (χ3v) is 11.7. The number of rotatable bonds is 19. The van der Waals surface area contributed by atoms with Crippen molar-refractivity contribution < 1.29 is 60.4 Å². The van der Waals surface area contributed by atoms with Gasteiger partial charge < -0.3 is 29.8 Å². The second-order valence-corrected chi connectivity index (χ2v) is 17.4. The zero-order chi connectivity index (χ0) is 39.5. The number of amides is 1. The third kappa shape index (κ3) is 9.41. The molecule has 0 radical (unpaired) electrons. The van der Waals surface area contributed by atoms with Crippen molar-refractivity contribution in [3.8, 4) is 23.0 Å². The highest BCUT2D eigenvalue weighted by Crippen LogP contribution is 2.42. The maximum Gasteiger partial charge on any atom is 0.309 e. The van der Waals surface area contributed by atoms with E-state index in [9.17, 15) is 32.7 Å². The average molecular weight is 799 g/mol. The molecule has 4 rings (SSSR count). The number of halogens is 2. The van der Waals surface area contributed by atoms with Crippen molar-refractivity contribution in [1.82, 2.24) is 4.72 Å². The van der Waals surface area contributed by atoms with Crippen molar-refractivity contribution in [1.29, 1.82) is 0 Å². The molecule has 2 aromatic carbocycles. The highest BCUT2D eigenvalue weighted by Gasteiger charge is 2.34. The van der Waals surface area contributed by atoms with Crippen LogP contribution in [0.5, 0.6) is 23.0 Å². The number of carbonyl (C=O) groups excluding carboxylic acids is 3. The predicted octanol–water partition coefficient (Wildman–Crippen LogP) is 5.95. The fraction of sp³-hybridized carbons (Fsp3) is 0.429. The number of fused-ring (bicyclic) bond motifs is 2. The maximum atomic E-state index is 15.8. The topological polar surface area (TPSA) is 198 Å². The average Bonchev–Trinajstić information content (AvgIpc) is 3.71. The minimum Gasteiger partial charge on any atom is -0.493 e. The Bertz CT molecular complexity index is 2180. The molecule has 2 heterocycles. The number of hydrogen-bond donors (Lipinski definition) is 3. The summed E-state index contributed by atoms with van der Waals surface area (Å²) < 4.78 is 80.2. The standard InChI is InChI=1S/C35H40F2N2O11S3/c1-34(2,32(42)39-53(45,46)11-8-38)16-20(40)26-12-18-24(51-26)14-22(47-5)30(28(18)36)49-9-7-10-50-31-23(48-6)15-25-19(29(31)37)13-27(52-25)21(41)17-35(3,4)33(43)44/h12-15H,7-11,16-17,38H2,1-6H3,(H,39,42)(H,43,44). The third-order valence-electron chi connectivity index (χ3n) is 8.17. The van der Waals surface area contributed by atoms with E-state index in [1.54, 1.807) is 0 Å². The Balaban J connectivity index is 1.44. The maximum absolute atomic E-state index is 15.8. The minimum absolute atomic E-state index is 0.0503. The van der Waals surface area contributed by atoms with Gasteiger partial charge in [0.05, 0.1) is 53.8 Å². The smallest absolute Gasteiger partial charge is 0.309 e. The van der Waals surface area contributed by atoms with Crippen molar-refractivity contribution in [2.45, 2.75) is 47.0 Å². The Morgan fingerprint density at radius 2 is 1.23 bits per heavy atom. The van der Waals surface area contributed by atoms with Gasteiger partial charge in [-0.15, -0.1) is 22.7 Å². The fourth-order valence-electron chi connectivity index (χ4n) is 5.07. The van der Waals surface area contributed by atoms with Crippen LogP contribution in [-0.2, 0) is 19.6 Å². The van der Waals surface area contributed by atoms with E-state index in [1.807, 2.05) is 4.72 Å².